The van der Waals surface area contributed by atoms with Crippen molar-refractivity contribution in [3.05, 3.63) is 78.8 Å². The fourth-order valence-corrected chi connectivity index (χ4v) is 4.48. The minimum atomic E-state index is -3.43. The van der Waals surface area contributed by atoms with Crippen LogP contribution in [0.3, 0.4) is 0 Å². The van der Waals surface area contributed by atoms with Crippen LogP contribution in [0, 0.1) is 0 Å². The molecule has 0 saturated heterocycles. The standard InChI is InChI=1S/C24H24N4O4S/c1-3-33(30,31)18-7-8-23(32-2)21(15-18)27-24(29)26-20-5-4-6-22-19(20)11-14-28(22)16-17-9-12-25-13-10-17/h4-15H,3,16H2,1-2H3,(H2,26,27,29). The third-order valence-corrected chi connectivity index (χ3v) is 7.05. The van der Waals surface area contributed by atoms with Gasteiger partial charge in [-0.1, -0.05) is 13.0 Å². The number of pyridine rings is 1. The molecule has 0 saturated carbocycles. The van der Waals surface area contributed by atoms with Crippen LogP contribution in [0.5, 0.6) is 5.75 Å². The van der Waals surface area contributed by atoms with E-state index in [2.05, 4.69) is 20.2 Å². The Morgan fingerprint density at radius 1 is 1.03 bits per heavy atom. The molecular formula is C24H24N4O4S. The first kappa shape index (κ1) is 22.3. The van der Waals surface area contributed by atoms with Gasteiger partial charge in [-0.25, -0.2) is 13.2 Å². The number of nitrogens with one attached hydrogen (secondary N) is 2. The van der Waals surface area contributed by atoms with Crippen LogP contribution < -0.4 is 15.4 Å². The van der Waals surface area contributed by atoms with E-state index in [1.54, 1.807) is 19.3 Å². The number of ether oxygens (including phenoxy) is 1. The lowest BCUT2D eigenvalue weighted by Gasteiger charge is -2.13. The van der Waals surface area contributed by atoms with Crippen molar-refractivity contribution in [3.8, 4) is 5.75 Å². The molecule has 0 fully saturated rings. The largest absolute Gasteiger partial charge is 0.495 e. The molecule has 170 valence electrons. The van der Waals surface area contributed by atoms with Crippen LogP contribution in [-0.2, 0) is 16.4 Å². The fourth-order valence-electron chi connectivity index (χ4n) is 3.58. The van der Waals surface area contributed by atoms with Gasteiger partial charge in [0.2, 0.25) is 0 Å². The zero-order valence-electron chi connectivity index (χ0n) is 18.3. The van der Waals surface area contributed by atoms with E-state index in [1.807, 2.05) is 42.6 Å². The molecule has 2 aromatic carbocycles. The molecule has 0 atom stereocenters. The normalized spacial score (nSPS) is 11.3. The second-order valence-corrected chi connectivity index (χ2v) is 9.66. The smallest absolute Gasteiger partial charge is 0.323 e. The molecule has 9 heteroatoms. The van der Waals surface area contributed by atoms with E-state index in [-0.39, 0.29) is 16.3 Å². The van der Waals surface area contributed by atoms with E-state index >= 15 is 0 Å². The van der Waals surface area contributed by atoms with Crippen molar-refractivity contribution in [2.75, 3.05) is 23.5 Å². The second kappa shape index (κ2) is 9.33. The Kier molecular flexibility index (Phi) is 6.32. The van der Waals surface area contributed by atoms with Gasteiger partial charge in [-0.05, 0) is 54.1 Å². The number of rotatable bonds is 7. The highest BCUT2D eigenvalue weighted by Gasteiger charge is 2.16. The Hall–Kier alpha value is -3.85. The van der Waals surface area contributed by atoms with Gasteiger partial charge in [-0.2, -0.15) is 0 Å². The van der Waals surface area contributed by atoms with Gasteiger partial charge in [0, 0.05) is 30.5 Å². The predicted molar refractivity (Wildman–Crippen MR) is 129 cm³/mol. The Balaban J connectivity index is 1.57. The van der Waals surface area contributed by atoms with E-state index < -0.39 is 15.9 Å². The Morgan fingerprint density at radius 3 is 2.52 bits per heavy atom. The van der Waals surface area contributed by atoms with Crippen LogP contribution in [0.2, 0.25) is 0 Å². The zero-order chi connectivity index (χ0) is 23.4. The lowest BCUT2D eigenvalue weighted by Crippen LogP contribution is -2.20. The van der Waals surface area contributed by atoms with E-state index in [9.17, 15) is 13.2 Å². The molecule has 0 aliphatic rings. The number of amides is 2. The molecule has 8 nitrogen and oxygen atoms in total. The molecule has 0 bridgehead atoms. The quantitative estimate of drug-likeness (QED) is 0.418. The molecule has 2 aromatic heterocycles. The third kappa shape index (κ3) is 4.83. The minimum Gasteiger partial charge on any atom is -0.495 e. The maximum atomic E-state index is 12.8. The van der Waals surface area contributed by atoms with E-state index in [0.717, 1.165) is 16.5 Å². The van der Waals surface area contributed by atoms with Gasteiger partial charge in [0.15, 0.2) is 9.84 Å². The average Bonchev–Trinajstić information content (AvgIpc) is 3.23. The van der Waals surface area contributed by atoms with Gasteiger partial charge in [0.1, 0.15) is 5.75 Å². The maximum absolute atomic E-state index is 12.8. The number of hydrogen-bond acceptors (Lipinski definition) is 5. The number of aromatic nitrogens is 2. The number of carbonyl (C=O) groups is 1. The first-order valence-electron chi connectivity index (χ1n) is 10.4. The summed E-state index contributed by atoms with van der Waals surface area (Å²) in [6.45, 7) is 2.25. The highest BCUT2D eigenvalue weighted by Crippen LogP contribution is 2.29. The fraction of sp³-hybridized carbons (Fsp3) is 0.167. The van der Waals surface area contributed by atoms with Gasteiger partial charge >= 0.3 is 6.03 Å². The number of methoxy groups -OCH3 is 1. The molecule has 0 aliphatic carbocycles. The van der Waals surface area contributed by atoms with Gasteiger partial charge in [-0.15, -0.1) is 0 Å². The molecule has 4 rings (SSSR count). The first-order chi connectivity index (χ1) is 15.9. The number of urea groups is 1. The number of benzene rings is 2. The Morgan fingerprint density at radius 2 is 1.79 bits per heavy atom. The molecule has 0 spiro atoms. The van der Waals surface area contributed by atoms with Crippen molar-refractivity contribution in [2.24, 2.45) is 0 Å². The van der Waals surface area contributed by atoms with Gasteiger partial charge in [-0.3, -0.25) is 4.98 Å². The topological polar surface area (TPSA) is 102 Å². The number of hydrogen-bond donors (Lipinski definition) is 2. The number of anilines is 2. The first-order valence-corrected chi connectivity index (χ1v) is 12.0. The summed E-state index contributed by atoms with van der Waals surface area (Å²) in [5.74, 6) is 0.325. The third-order valence-electron chi connectivity index (χ3n) is 5.32. The lowest BCUT2D eigenvalue weighted by molar-refractivity contribution is 0.262. The molecular weight excluding hydrogens is 440 g/mol. The Labute approximate surface area is 192 Å². The van der Waals surface area contributed by atoms with Gasteiger partial charge in [0.25, 0.3) is 0 Å². The second-order valence-electron chi connectivity index (χ2n) is 7.38. The lowest BCUT2D eigenvalue weighted by atomic mass is 10.2. The van der Waals surface area contributed by atoms with E-state index in [0.29, 0.717) is 18.0 Å². The molecule has 2 heterocycles. The van der Waals surface area contributed by atoms with E-state index in [1.165, 1.54) is 25.3 Å². The molecule has 0 aliphatic heterocycles. The summed E-state index contributed by atoms with van der Waals surface area (Å²) in [4.78, 5) is 17.0. The van der Waals surface area contributed by atoms with Crippen molar-refractivity contribution in [2.45, 2.75) is 18.4 Å². The summed E-state index contributed by atoms with van der Waals surface area (Å²) in [5.41, 5.74) is 2.99. The summed E-state index contributed by atoms with van der Waals surface area (Å²) in [7, 11) is -1.97. The van der Waals surface area contributed by atoms with Gasteiger partial charge in [0.05, 0.1) is 34.6 Å². The summed E-state index contributed by atoms with van der Waals surface area (Å²) >= 11 is 0. The highest BCUT2D eigenvalue weighted by atomic mass is 32.2. The van der Waals surface area contributed by atoms with Crippen LogP contribution in [0.4, 0.5) is 16.2 Å². The molecule has 2 amide bonds. The molecule has 2 N–H and O–H groups in total. The summed E-state index contributed by atoms with van der Waals surface area (Å²) in [5, 5.41) is 6.45. The average molecular weight is 465 g/mol. The molecule has 33 heavy (non-hydrogen) atoms. The summed E-state index contributed by atoms with van der Waals surface area (Å²) in [6, 6.07) is 15.4. The van der Waals surface area contributed by atoms with Crippen LogP contribution in [0.15, 0.2) is 78.1 Å². The number of carbonyl (C=O) groups excluding carboxylic acids is 1. The van der Waals surface area contributed by atoms with Crippen LogP contribution in [0.1, 0.15) is 12.5 Å². The minimum absolute atomic E-state index is 0.0382. The maximum Gasteiger partial charge on any atom is 0.323 e. The number of nitrogens with zero attached hydrogens (tertiary/aromatic N) is 2. The Bertz CT molecular complexity index is 1400. The van der Waals surface area contributed by atoms with Crippen molar-refractivity contribution in [1.82, 2.24) is 9.55 Å². The van der Waals surface area contributed by atoms with Crippen LogP contribution >= 0.6 is 0 Å². The summed E-state index contributed by atoms with van der Waals surface area (Å²) < 4.78 is 31.8. The van der Waals surface area contributed by atoms with Crippen LogP contribution in [-0.4, -0.2) is 36.9 Å². The molecule has 0 unspecified atom stereocenters. The molecule has 4 aromatic rings. The predicted octanol–water partition coefficient (Wildman–Crippen LogP) is 4.53. The number of sulfone groups is 1. The molecule has 0 radical (unpaired) electrons. The van der Waals surface area contributed by atoms with Crippen molar-refractivity contribution in [3.63, 3.8) is 0 Å². The van der Waals surface area contributed by atoms with Crippen LogP contribution in [0.25, 0.3) is 10.9 Å². The SMILES string of the molecule is CCS(=O)(=O)c1ccc(OC)c(NC(=O)Nc2cccc3c2ccn3Cc2ccncc2)c1. The van der Waals surface area contributed by atoms with Crippen molar-refractivity contribution < 1.29 is 17.9 Å². The number of fused-ring (bicyclic) bond motifs is 1. The zero-order valence-corrected chi connectivity index (χ0v) is 19.1. The monoisotopic (exact) mass is 464 g/mol. The van der Waals surface area contributed by atoms with E-state index in [4.69, 9.17) is 4.74 Å². The summed E-state index contributed by atoms with van der Waals surface area (Å²) in [6.07, 6.45) is 5.48. The highest BCUT2D eigenvalue weighted by molar-refractivity contribution is 7.91. The van der Waals surface area contributed by atoms with Crippen molar-refractivity contribution in [1.29, 1.82) is 0 Å². The van der Waals surface area contributed by atoms with Crippen molar-refractivity contribution >= 4 is 38.1 Å². The van der Waals surface area contributed by atoms with Gasteiger partial charge < -0.3 is 19.9 Å².